The summed E-state index contributed by atoms with van der Waals surface area (Å²) in [4.78, 5) is 15.6. The van der Waals surface area contributed by atoms with Crippen LogP contribution in [0.1, 0.15) is 16.1 Å². The van der Waals surface area contributed by atoms with Crippen molar-refractivity contribution in [1.29, 1.82) is 0 Å². The monoisotopic (exact) mass is 252 g/mol. The molecule has 6 heteroatoms. The minimum Gasteiger partial charge on any atom is -0.507 e. The third-order valence-electron chi connectivity index (χ3n) is 2.12. The number of hydrogen-bond donors (Lipinski definition) is 2. The largest absolute Gasteiger partial charge is 0.507 e. The number of phenolic OH excluding ortho intramolecular Hbond substituents is 1. The highest BCUT2D eigenvalue weighted by Crippen LogP contribution is 2.17. The van der Waals surface area contributed by atoms with Crippen LogP contribution in [0.3, 0.4) is 0 Å². The highest BCUT2D eigenvalue weighted by Gasteiger charge is 2.12. The highest BCUT2D eigenvalue weighted by atomic mass is 32.1. The number of aromatic nitrogens is 1. The number of benzene rings is 1. The summed E-state index contributed by atoms with van der Waals surface area (Å²) in [5.74, 6) is -1.35. The minimum absolute atomic E-state index is 0.0831. The zero-order chi connectivity index (χ0) is 12.3. The number of nitrogens with zero attached hydrogens (tertiary/aromatic N) is 1. The molecule has 17 heavy (non-hydrogen) atoms. The molecule has 0 saturated carbocycles. The second-order valence-corrected chi connectivity index (χ2v) is 4.04. The summed E-state index contributed by atoms with van der Waals surface area (Å²) in [6.45, 7) is 0.248. The Hall–Kier alpha value is -1.95. The average molecular weight is 252 g/mol. The Morgan fingerprint density at radius 3 is 3.06 bits per heavy atom. The van der Waals surface area contributed by atoms with Gasteiger partial charge in [-0.3, -0.25) is 4.79 Å². The molecule has 2 aromatic rings. The maximum Gasteiger partial charge on any atom is 0.255 e. The fraction of sp³-hybridized carbons (Fsp3) is 0.0909. The van der Waals surface area contributed by atoms with Crippen molar-refractivity contribution in [1.82, 2.24) is 10.3 Å². The van der Waals surface area contributed by atoms with Crippen LogP contribution in [0, 0.1) is 5.82 Å². The van der Waals surface area contributed by atoms with Crippen LogP contribution in [0.15, 0.2) is 29.1 Å². The lowest BCUT2D eigenvalue weighted by Crippen LogP contribution is -2.23. The molecule has 0 unspecified atom stereocenters. The summed E-state index contributed by atoms with van der Waals surface area (Å²) >= 11 is 1.42. The zero-order valence-electron chi connectivity index (χ0n) is 8.68. The van der Waals surface area contributed by atoms with Gasteiger partial charge in [0.1, 0.15) is 11.6 Å². The molecule has 0 saturated heterocycles. The molecule has 0 bridgehead atoms. The van der Waals surface area contributed by atoms with Gasteiger partial charge in [0.2, 0.25) is 0 Å². The van der Waals surface area contributed by atoms with E-state index < -0.39 is 11.7 Å². The van der Waals surface area contributed by atoms with Crippen molar-refractivity contribution in [2.75, 3.05) is 0 Å². The maximum absolute atomic E-state index is 12.9. The van der Waals surface area contributed by atoms with E-state index in [0.717, 1.165) is 23.9 Å². The van der Waals surface area contributed by atoms with Crippen LogP contribution in [0.2, 0.25) is 0 Å². The molecule has 0 aliphatic heterocycles. The topological polar surface area (TPSA) is 62.2 Å². The fourth-order valence-corrected chi connectivity index (χ4v) is 1.84. The van der Waals surface area contributed by atoms with Crippen LogP contribution >= 0.6 is 11.3 Å². The Balaban J connectivity index is 2.07. The van der Waals surface area contributed by atoms with E-state index in [1.165, 1.54) is 11.3 Å². The summed E-state index contributed by atoms with van der Waals surface area (Å²) in [5, 5.41) is 13.8. The number of amides is 1. The minimum atomic E-state index is -0.568. The smallest absolute Gasteiger partial charge is 0.255 e. The van der Waals surface area contributed by atoms with Crippen LogP contribution in [-0.2, 0) is 6.54 Å². The molecule has 0 spiro atoms. The first-order valence-electron chi connectivity index (χ1n) is 4.80. The quantitative estimate of drug-likeness (QED) is 0.877. The number of nitrogens with one attached hydrogen (secondary N) is 1. The van der Waals surface area contributed by atoms with E-state index in [-0.39, 0.29) is 17.9 Å². The molecular formula is C11H9FN2O2S. The zero-order valence-corrected chi connectivity index (χ0v) is 9.50. The number of aromatic hydroxyl groups is 1. The van der Waals surface area contributed by atoms with Gasteiger partial charge in [0.25, 0.3) is 5.91 Å². The summed E-state index contributed by atoms with van der Waals surface area (Å²) in [6, 6.07) is 3.23. The van der Waals surface area contributed by atoms with E-state index in [1.807, 2.05) is 0 Å². The van der Waals surface area contributed by atoms with E-state index >= 15 is 0 Å². The fourth-order valence-electron chi connectivity index (χ4n) is 1.28. The van der Waals surface area contributed by atoms with Gasteiger partial charge in [0.15, 0.2) is 0 Å². The van der Waals surface area contributed by atoms with Crippen molar-refractivity contribution in [3.63, 3.8) is 0 Å². The lowest BCUT2D eigenvalue weighted by molar-refractivity contribution is 0.0947. The van der Waals surface area contributed by atoms with Gasteiger partial charge in [0.05, 0.1) is 23.3 Å². The predicted molar refractivity (Wildman–Crippen MR) is 61.3 cm³/mol. The van der Waals surface area contributed by atoms with Crippen molar-refractivity contribution in [2.45, 2.75) is 6.54 Å². The van der Waals surface area contributed by atoms with Gasteiger partial charge in [-0.15, -0.1) is 11.3 Å². The standard InChI is InChI=1S/C11H9FN2O2S/c12-7-1-2-10(15)9(3-7)11(16)13-4-8-5-17-6-14-8/h1-3,5-6,15H,4H2,(H,13,16). The number of rotatable bonds is 3. The molecule has 1 heterocycles. The second-order valence-electron chi connectivity index (χ2n) is 3.32. The Morgan fingerprint density at radius 1 is 1.53 bits per heavy atom. The molecule has 1 aromatic heterocycles. The molecule has 0 aliphatic rings. The molecule has 0 radical (unpaired) electrons. The first-order chi connectivity index (χ1) is 8.16. The average Bonchev–Trinajstić information content (AvgIpc) is 2.82. The molecule has 4 nitrogen and oxygen atoms in total. The normalized spacial score (nSPS) is 10.2. The van der Waals surface area contributed by atoms with Gasteiger partial charge in [-0.05, 0) is 18.2 Å². The lowest BCUT2D eigenvalue weighted by atomic mass is 10.2. The number of phenols is 1. The lowest BCUT2D eigenvalue weighted by Gasteiger charge is -2.05. The van der Waals surface area contributed by atoms with Crippen LogP contribution in [0.5, 0.6) is 5.75 Å². The number of thiazole rings is 1. The second kappa shape index (κ2) is 4.92. The summed E-state index contributed by atoms with van der Waals surface area (Å²) in [7, 11) is 0. The number of carbonyl (C=O) groups excluding carboxylic acids is 1. The third kappa shape index (κ3) is 2.79. The van der Waals surface area contributed by atoms with Crippen molar-refractivity contribution in [3.05, 3.63) is 46.2 Å². The van der Waals surface area contributed by atoms with Gasteiger partial charge >= 0.3 is 0 Å². The predicted octanol–water partition coefficient (Wildman–Crippen LogP) is 1.92. The van der Waals surface area contributed by atoms with Gasteiger partial charge in [-0.1, -0.05) is 0 Å². The van der Waals surface area contributed by atoms with Gasteiger partial charge in [0, 0.05) is 5.38 Å². The van der Waals surface area contributed by atoms with Crippen LogP contribution < -0.4 is 5.32 Å². The van der Waals surface area contributed by atoms with Crippen LogP contribution in [-0.4, -0.2) is 16.0 Å². The summed E-state index contributed by atoms with van der Waals surface area (Å²) in [6.07, 6.45) is 0. The molecule has 2 rings (SSSR count). The Labute approximate surface area is 101 Å². The molecule has 2 N–H and O–H groups in total. The molecule has 1 aromatic carbocycles. The number of carbonyl (C=O) groups is 1. The first-order valence-corrected chi connectivity index (χ1v) is 5.75. The Bertz CT molecular complexity index is 528. The van der Waals surface area contributed by atoms with Gasteiger partial charge in [-0.25, -0.2) is 9.37 Å². The number of halogens is 1. The van der Waals surface area contributed by atoms with E-state index in [2.05, 4.69) is 10.3 Å². The SMILES string of the molecule is O=C(NCc1cscn1)c1cc(F)ccc1O. The van der Waals surface area contributed by atoms with E-state index in [0.29, 0.717) is 0 Å². The molecule has 0 fully saturated rings. The Kier molecular flexibility index (Phi) is 3.34. The first kappa shape index (κ1) is 11.5. The molecule has 0 atom stereocenters. The van der Waals surface area contributed by atoms with Gasteiger partial charge in [-0.2, -0.15) is 0 Å². The van der Waals surface area contributed by atoms with E-state index in [4.69, 9.17) is 0 Å². The Morgan fingerprint density at radius 2 is 2.35 bits per heavy atom. The summed E-state index contributed by atoms with van der Waals surface area (Å²) < 4.78 is 12.9. The van der Waals surface area contributed by atoms with E-state index in [9.17, 15) is 14.3 Å². The number of hydrogen-bond acceptors (Lipinski definition) is 4. The molecular weight excluding hydrogens is 243 g/mol. The summed E-state index contributed by atoms with van der Waals surface area (Å²) in [5.41, 5.74) is 2.29. The van der Waals surface area contributed by atoms with Crippen molar-refractivity contribution in [3.8, 4) is 5.75 Å². The van der Waals surface area contributed by atoms with Gasteiger partial charge < -0.3 is 10.4 Å². The van der Waals surface area contributed by atoms with Crippen molar-refractivity contribution >= 4 is 17.2 Å². The molecule has 0 aliphatic carbocycles. The van der Waals surface area contributed by atoms with Crippen molar-refractivity contribution < 1.29 is 14.3 Å². The van der Waals surface area contributed by atoms with Crippen LogP contribution in [0.25, 0.3) is 0 Å². The highest BCUT2D eigenvalue weighted by molar-refractivity contribution is 7.07. The maximum atomic E-state index is 12.9. The third-order valence-corrected chi connectivity index (χ3v) is 2.75. The molecule has 1 amide bonds. The van der Waals surface area contributed by atoms with E-state index in [1.54, 1.807) is 10.9 Å². The molecule has 88 valence electrons. The van der Waals surface area contributed by atoms with Crippen molar-refractivity contribution in [2.24, 2.45) is 0 Å². The van der Waals surface area contributed by atoms with Crippen LogP contribution in [0.4, 0.5) is 4.39 Å².